The third kappa shape index (κ3) is 4.12. The van der Waals surface area contributed by atoms with Crippen LogP contribution in [0.25, 0.3) is 0 Å². The molecule has 0 amide bonds. The van der Waals surface area contributed by atoms with E-state index in [0.717, 1.165) is 6.07 Å². The fourth-order valence-corrected chi connectivity index (χ4v) is 4.23. The summed E-state index contributed by atoms with van der Waals surface area (Å²) in [6, 6.07) is 5.74. The lowest BCUT2D eigenvalue weighted by atomic mass is 10.2. The van der Waals surface area contributed by atoms with Crippen LogP contribution in [0.5, 0.6) is 0 Å². The van der Waals surface area contributed by atoms with Crippen molar-refractivity contribution in [1.82, 2.24) is 9.21 Å². The van der Waals surface area contributed by atoms with Crippen molar-refractivity contribution in [3.63, 3.8) is 0 Å². The Bertz CT molecular complexity index is 812. The molecule has 1 heterocycles. The van der Waals surface area contributed by atoms with E-state index in [2.05, 4.69) is 0 Å². The average molecular weight is 381 g/mol. The average Bonchev–Trinajstić information content (AvgIpc) is 2.61. The molecule has 1 unspecified atom stereocenters. The van der Waals surface area contributed by atoms with Crippen molar-refractivity contribution in [2.75, 3.05) is 45.2 Å². The predicted molar refractivity (Wildman–Crippen MR) is 97.4 cm³/mol. The SMILES string of the molecule is CC(CC#N)N(C)c1ccc(S(=O)(=O)N2CCN(C)CC2)cc1[N+](=O)[O-]. The van der Waals surface area contributed by atoms with E-state index in [1.165, 1.54) is 16.4 Å². The normalized spacial score (nSPS) is 17.5. The number of piperazine rings is 1. The van der Waals surface area contributed by atoms with E-state index < -0.39 is 14.9 Å². The van der Waals surface area contributed by atoms with Gasteiger partial charge in [-0.05, 0) is 26.1 Å². The van der Waals surface area contributed by atoms with E-state index in [1.807, 2.05) is 18.0 Å². The summed E-state index contributed by atoms with van der Waals surface area (Å²) in [5.74, 6) is 0. The van der Waals surface area contributed by atoms with Gasteiger partial charge >= 0.3 is 0 Å². The monoisotopic (exact) mass is 381 g/mol. The number of hydrogen-bond donors (Lipinski definition) is 0. The molecular weight excluding hydrogens is 358 g/mol. The zero-order valence-electron chi connectivity index (χ0n) is 15.1. The van der Waals surface area contributed by atoms with Crippen molar-refractivity contribution >= 4 is 21.4 Å². The van der Waals surface area contributed by atoms with Gasteiger partial charge in [-0.3, -0.25) is 10.1 Å². The summed E-state index contributed by atoms with van der Waals surface area (Å²) in [5.41, 5.74) is 0.00238. The Labute approximate surface area is 153 Å². The van der Waals surface area contributed by atoms with E-state index in [0.29, 0.717) is 26.2 Å². The van der Waals surface area contributed by atoms with Gasteiger partial charge in [0.1, 0.15) is 5.69 Å². The fourth-order valence-electron chi connectivity index (χ4n) is 2.79. The molecule has 0 bridgehead atoms. The summed E-state index contributed by atoms with van der Waals surface area (Å²) in [5, 5.41) is 20.3. The van der Waals surface area contributed by atoms with Crippen LogP contribution in [-0.4, -0.2) is 68.9 Å². The summed E-state index contributed by atoms with van der Waals surface area (Å²) in [6.07, 6.45) is 0.203. The number of rotatable bonds is 6. The molecule has 26 heavy (non-hydrogen) atoms. The number of nitrogens with zero attached hydrogens (tertiary/aromatic N) is 5. The number of hydrogen-bond acceptors (Lipinski definition) is 7. The zero-order chi connectivity index (χ0) is 19.5. The second-order valence-electron chi connectivity index (χ2n) is 6.44. The van der Waals surface area contributed by atoms with Gasteiger partial charge in [-0.15, -0.1) is 0 Å². The highest BCUT2D eigenvalue weighted by molar-refractivity contribution is 7.89. The number of likely N-dealkylation sites (N-methyl/N-ethyl adjacent to an activating group) is 1. The maximum absolute atomic E-state index is 12.8. The molecule has 1 aromatic rings. The highest BCUT2D eigenvalue weighted by Crippen LogP contribution is 2.32. The maximum atomic E-state index is 12.8. The van der Waals surface area contributed by atoms with Gasteiger partial charge in [0.2, 0.25) is 10.0 Å². The van der Waals surface area contributed by atoms with Crippen LogP contribution in [0.15, 0.2) is 23.1 Å². The van der Waals surface area contributed by atoms with E-state index >= 15 is 0 Å². The second kappa shape index (κ2) is 7.99. The fraction of sp³-hybridized carbons (Fsp3) is 0.562. The predicted octanol–water partition coefficient (Wildman–Crippen LogP) is 1.27. The van der Waals surface area contributed by atoms with Crippen LogP contribution in [0.3, 0.4) is 0 Å². The van der Waals surface area contributed by atoms with Crippen molar-refractivity contribution in [2.24, 2.45) is 0 Å². The number of nitriles is 1. The van der Waals surface area contributed by atoms with Gasteiger partial charge in [-0.25, -0.2) is 8.42 Å². The number of sulfonamides is 1. The first-order valence-electron chi connectivity index (χ1n) is 8.25. The van der Waals surface area contributed by atoms with Gasteiger partial charge in [0.15, 0.2) is 0 Å². The topological polar surface area (TPSA) is 111 Å². The minimum absolute atomic E-state index is 0.0844. The Morgan fingerprint density at radius 2 is 1.96 bits per heavy atom. The first kappa shape index (κ1) is 20.1. The molecule has 1 atom stereocenters. The standard InChI is InChI=1S/C16H23N5O4S/c1-13(6-7-17)19(3)15-5-4-14(12-16(15)21(22)23)26(24,25)20-10-8-18(2)9-11-20/h4-5,12-13H,6,8-11H2,1-3H3. The molecule has 9 nitrogen and oxygen atoms in total. The van der Waals surface area contributed by atoms with Crippen LogP contribution >= 0.6 is 0 Å². The van der Waals surface area contributed by atoms with Crippen LogP contribution in [0.2, 0.25) is 0 Å². The van der Waals surface area contributed by atoms with Crippen molar-refractivity contribution in [3.8, 4) is 6.07 Å². The molecule has 0 aromatic heterocycles. The van der Waals surface area contributed by atoms with Crippen molar-refractivity contribution in [1.29, 1.82) is 5.26 Å². The maximum Gasteiger partial charge on any atom is 0.293 e. The number of nitro groups is 1. The molecule has 142 valence electrons. The van der Waals surface area contributed by atoms with Crippen LogP contribution in [0.4, 0.5) is 11.4 Å². The van der Waals surface area contributed by atoms with Crippen molar-refractivity contribution in [2.45, 2.75) is 24.3 Å². The van der Waals surface area contributed by atoms with Crippen LogP contribution < -0.4 is 4.90 Å². The molecular formula is C16H23N5O4S. The summed E-state index contributed by atoms with van der Waals surface area (Å²) in [6.45, 7) is 3.73. The first-order chi connectivity index (χ1) is 12.2. The Balaban J connectivity index is 2.39. The van der Waals surface area contributed by atoms with Gasteiger partial charge in [0, 0.05) is 45.3 Å². The van der Waals surface area contributed by atoms with Gasteiger partial charge < -0.3 is 9.80 Å². The number of anilines is 1. The summed E-state index contributed by atoms with van der Waals surface area (Å²) >= 11 is 0. The third-order valence-electron chi connectivity index (χ3n) is 4.67. The Morgan fingerprint density at radius 1 is 1.35 bits per heavy atom. The number of benzene rings is 1. The van der Waals surface area contributed by atoms with E-state index in [4.69, 9.17) is 5.26 Å². The minimum atomic E-state index is -3.78. The largest absolute Gasteiger partial charge is 0.365 e. The van der Waals surface area contributed by atoms with E-state index in [9.17, 15) is 18.5 Å². The highest BCUT2D eigenvalue weighted by atomic mass is 32.2. The first-order valence-corrected chi connectivity index (χ1v) is 9.69. The van der Waals surface area contributed by atoms with Gasteiger partial charge in [-0.2, -0.15) is 9.57 Å². The van der Waals surface area contributed by atoms with E-state index in [1.54, 1.807) is 18.9 Å². The van der Waals surface area contributed by atoms with Gasteiger partial charge in [-0.1, -0.05) is 0 Å². The minimum Gasteiger partial charge on any atom is -0.365 e. The molecule has 1 aromatic carbocycles. The third-order valence-corrected chi connectivity index (χ3v) is 6.57. The molecule has 1 aliphatic heterocycles. The lowest BCUT2D eigenvalue weighted by molar-refractivity contribution is -0.384. The Kier molecular flexibility index (Phi) is 6.17. The summed E-state index contributed by atoms with van der Waals surface area (Å²) in [7, 11) is -0.213. The van der Waals surface area contributed by atoms with Gasteiger partial charge in [0.25, 0.3) is 5.69 Å². The summed E-state index contributed by atoms with van der Waals surface area (Å²) in [4.78, 5) is 14.5. The quantitative estimate of drug-likeness (QED) is 0.539. The second-order valence-corrected chi connectivity index (χ2v) is 8.38. The van der Waals surface area contributed by atoms with E-state index in [-0.39, 0.29) is 28.7 Å². The molecule has 1 aliphatic rings. The van der Waals surface area contributed by atoms with Crippen LogP contribution in [0.1, 0.15) is 13.3 Å². The Hall–Kier alpha value is -2.22. The molecule has 0 spiro atoms. The molecule has 0 N–H and O–H groups in total. The van der Waals surface area contributed by atoms with Gasteiger partial charge in [0.05, 0.1) is 22.3 Å². The Morgan fingerprint density at radius 3 is 2.50 bits per heavy atom. The highest BCUT2D eigenvalue weighted by Gasteiger charge is 2.30. The molecule has 2 rings (SSSR count). The molecule has 0 aliphatic carbocycles. The lowest BCUT2D eigenvalue weighted by Gasteiger charge is -2.31. The smallest absolute Gasteiger partial charge is 0.293 e. The van der Waals surface area contributed by atoms with Crippen molar-refractivity contribution < 1.29 is 13.3 Å². The van der Waals surface area contributed by atoms with Crippen LogP contribution in [0, 0.1) is 21.4 Å². The number of nitro benzene ring substituents is 1. The van der Waals surface area contributed by atoms with Crippen molar-refractivity contribution in [3.05, 3.63) is 28.3 Å². The zero-order valence-corrected chi connectivity index (χ0v) is 15.9. The summed E-state index contributed by atoms with van der Waals surface area (Å²) < 4.78 is 27.0. The molecule has 0 saturated carbocycles. The molecule has 0 radical (unpaired) electrons. The molecule has 1 saturated heterocycles. The molecule has 10 heteroatoms. The lowest BCUT2D eigenvalue weighted by Crippen LogP contribution is -2.47. The van der Waals surface area contributed by atoms with Crippen LogP contribution in [-0.2, 0) is 10.0 Å². The molecule has 1 fully saturated rings.